The summed E-state index contributed by atoms with van der Waals surface area (Å²) in [6.07, 6.45) is 5.07. The number of thiophene rings is 1. The molecule has 0 fully saturated rings. The van der Waals surface area contributed by atoms with Gasteiger partial charge >= 0.3 is 0 Å². The quantitative estimate of drug-likeness (QED) is 0.802. The summed E-state index contributed by atoms with van der Waals surface area (Å²) in [6, 6.07) is 12.4. The first-order chi connectivity index (χ1) is 10.3. The smallest absolute Gasteiger partial charge is 0.0649 e. The molecular formula is C18H21NS2. The summed E-state index contributed by atoms with van der Waals surface area (Å²) in [6.45, 7) is 2.36. The van der Waals surface area contributed by atoms with Crippen LogP contribution in [-0.4, -0.2) is 5.25 Å². The van der Waals surface area contributed by atoms with Crippen LogP contribution in [0.3, 0.4) is 0 Å². The molecule has 0 bridgehead atoms. The van der Waals surface area contributed by atoms with Gasteiger partial charge in [-0.05, 0) is 53.8 Å². The van der Waals surface area contributed by atoms with E-state index in [2.05, 4.69) is 48.0 Å². The van der Waals surface area contributed by atoms with Crippen LogP contribution in [-0.2, 0) is 6.42 Å². The normalized spacial score (nSPS) is 28.0. The number of fused-ring (bicyclic) bond motifs is 2. The first-order valence-electron chi connectivity index (χ1n) is 7.89. The average Bonchev–Trinajstić information content (AvgIpc) is 2.96. The average molecular weight is 316 g/mol. The third-order valence-corrected chi connectivity index (χ3v) is 7.03. The van der Waals surface area contributed by atoms with Crippen molar-refractivity contribution in [1.29, 1.82) is 0 Å². The first kappa shape index (κ1) is 13.9. The van der Waals surface area contributed by atoms with E-state index in [0.717, 1.165) is 0 Å². The second-order valence-corrected chi connectivity index (χ2v) is 8.81. The lowest BCUT2D eigenvalue weighted by Crippen LogP contribution is -2.32. The molecule has 4 rings (SSSR count). The highest BCUT2D eigenvalue weighted by atomic mass is 32.2. The summed E-state index contributed by atoms with van der Waals surface area (Å²) in [5, 5.41) is 6.94. The van der Waals surface area contributed by atoms with Crippen molar-refractivity contribution in [1.82, 2.24) is 5.32 Å². The number of rotatable bonds is 2. The van der Waals surface area contributed by atoms with E-state index in [0.29, 0.717) is 17.3 Å². The molecule has 0 amide bonds. The van der Waals surface area contributed by atoms with Crippen molar-refractivity contribution in [2.24, 2.45) is 0 Å². The minimum atomic E-state index is 0.527. The summed E-state index contributed by atoms with van der Waals surface area (Å²) in [5.74, 6) is 0. The van der Waals surface area contributed by atoms with E-state index in [1.807, 2.05) is 23.1 Å². The number of hydrogen-bond donors (Lipinski definition) is 1. The van der Waals surface area contributed by atoms with E-state index in [1.165, 1.54) is 41.0 Å². The molecule has 0 radical (unpaired) electrons. The Morgan fingerprint density at radius 2 is 2.00 bits per heavy atom. The highest BCUT2D eigenvalue weighted by molar-refractivity contribution is 8.01. The van der Waals surface area contributed by atoms with E-state index < -0.39 is 0 Å². The fraction of sp³-hybridized carbons (Fsp3) is 0.444. The monoisotopic (exact) mass is 315 g/mol. The maximum Gasteiger partial charge on any atom is 0.0649 e. The van der Waals surface area contributed by atoms with Crippen LogP contribution in [0.2, 0.25) is 0 Å². The van der Waals surface area contributed by atoms with Crippen molar-refractivity contribution in [3.8, 4) is 0 Å². The molecule has 3 atom stereocenters. The summed E-state index contributed by atoms with van der Waals surface area (Å²) in [7, 11) is 0. The van der Waals surface area contributed by atoms with Gasteiger partial charge < -0.3 is 5.32 Å². The first-order valence-corrected chi connectivity index (χ1v) is 9.65. The molecule has 1 aliphatic carbocycles. The summed E-state index contributed by atoms with van der Waals surface area (Å²) >= 11 is 3.95. The van der Waals surface area contributed by atoms with Crippen molar-refractivity contribution in [3.63, 3.8) is 0 Å². The molecule has 0 saturated carbocycles. The summed E-state index contributed by atoms with van der Waals surface area (Å²) in [5.41, 5.74) is 4.61. The zero-order valence-electron chi connectivity index (χ0n) is 12.3. The van der Waals surface area contributed by atoms with Gasteiger partial charge in [0.05, 0.1) is 4.21 Å². The van der Waals surface area contributed by atoms with Crippen LogP contribution in [0.15, 0.2) is 39.9 Å². The molecule has 2 heterocycles. The van der Waals surface area contributed by atoms with Crippen LogP contribution in [0.5, 0.6) is 0 Å². The zero-order valence-corrected chi connectivity index (χ0v) is 14.0. The Hall–Kier alpha value is -0.770. The Balaban J connectivity index is 1.60. The number of benzene rings is 1. The van der Waals surface area contributed by atoms with Crippen LogP contribution in [0.4, 0.5) is 0 Å². The molecule has 3 heteroatoms. The van der Waals surface area contributed by atoms with Gasteiger partial charge in [-0.2, -0.15) is 0 Å². The van der Waals surface area contributed by atoms with Gasteiger partial charge in [0, 0.05) is 17.3 Å². The fourth-order valence-electron chi connectivity index (χ4n) is 3.68. The van der Waals surface area contributed by atoms with Crippen LogP contribution in [0, 0.1) is 0 Å². The van der Waals surface area contributed by atoms with Crippen molar-refractivity contribution in [2.75, 3.05) is 0 Å². The van der Waals surface area contributed by atoms with E-state index >= 15 is 0 Å². The minimum Gasteiger partial charge on any atom is -0.303 e. The molecule has 21 heavy (non-hydrogen) atoms. The third-order valence-electron chi connectivity index (χ3n) is 4.68. The molecule has 0 spiro atoms. The Kier molecular flexibility index (Phi) is 3.82. The molecule has 2 unspecified atom stereocenters. The molecule has 2 aliphatic rings. The van der Waals surface area contributed by atoms with Crippen LogP contribution in [0.1, 0.15) is 55.0 Å². The Morgan fingerprint density at radius 3 is 2.95 bits per heavy atom. The SMILES string of the molecule is C[C@H]1CC(NC2CCCc3ccccc32)c2ccsc2S1. The Bertz CT molecular complexity index is 634. The van der Waals surface area contributed by atoms with E-state index in [9.17, 15) is 0 Å². The molecule has 1 aromatic heterocycles. The predicted molar refractivity (Wildman–Crippen MR) is 92.3 cm³/mol. The fourth-order valence-corrected chi connectivity index (χ4v) is 6.24. The standard InChI is InChI=1S/C18H21NS2/c1-12-11-17(15-9-10-20-18(15)21-12)19-16-8-4-6-13-5-2-3-7-14(13)16/h2-3,5,7,9-10,12,16-17,19H,4,6,8,11H2,1H3/t12-,16?,17?/m0/s1. The van der Waals surface area contributed by atoms with Gasteiger partial charge in [-0.15, -0.1) is 23.1 Å². The third kappa shape index (κ3) is 2.67. The van der Waals surface area contributed by atoms with Gasteiger partial charge in [-0.25, -0.2) is 0 Å². The van der Waals surface area contributed by atoms with Crippen LogP contribution < -0.4 is 5.32 Å². The second kappa shape index (κ2) is 5.79. The molecule has 1 nitrogen and oxygen atoms in total. The predicted octanol–water partition coefficient (Wildman–Crippen LogP) is 5.34. The Morgan fingerprint density at radius 1 is 1.10 bits per heavy atom. The van der Waals surface area contributed by atoms with Crippen molar-refractivity contribution in [2.45, 2.75) is 54.1 Å². The van der Waals surface area contributed by atoms with Gasteiger partial charge in [0.25, 0.3) is 0 Å². The molecular weight excluding hydrogens is 294 g/mol. The van der Waals surface area contributed by atoms with Crippen molar-refractivity contribution < 1.29 is 0 Å². The number of nitrogens with one attached hydrogen (secondary N) is 1. The molecule has 2 aromatic rings. The van der Waals surface area contributed by atoms with Crippen molar-refractivity contribution >= 4 is 23.1 Å². The van der Waals surface area contributed by atoms with E-state index in [1.54, 1.807) is 5.56 Å². The van der Waals surface area contributed by atoms with Gasteiger partial charge in [0.15, 0.2) is 0 Å². The molecule has 1 aliphatic heterocycles. The summed E-state index contributed by atoms with van der Waals surface area (Å²) < 4.78 is 1.52. The van der Waals surface area contributed by atoms with Gasteiger partial charge in [-0.1, -0.05) is 31.2 Å². The van der Waals surface area contributed by atoms with E-state index in [4.69, 9.17) is 0 Å². The maximum absolute atomic E-state index is 3.98. The molecule has 0 saturated heterocycles. The maximum atomic E-state index is 3.98. The molecule has 1 aromatic carbocycles. The second-order valence-electron chi connectivity index (χ2n) is 6.19. The van der Waals surface area contributed by atoms with Gasteiger partial charge in [0.1, 0.15) is 0 Å². The lowest BCUT2D eigenvalue weighted by Gasteiger charge is -2.34. The topological polar surface area (TPSA) is 12.0 Å². The largest absolute Gasteiger partial charge is 0.303 e. The number of aryl methyl sites for hydroxylation is 1. The molecule has 1 N–H and O–H groups in total. The van der Waals surface area contributed by atoms with Gasteiger partial charge in [0.2, 0.25) is 0 Å². The highest BCUT2D eigenvalue weighted by Gasteiger charge is 2.29. The Labute approximate surface area is 135 Å². The zero-order chi connectivity index (χ0) is 14.2. The lowest BCUT2D eigenvalue weighted by molar-refractivity contribution is 0.381. The molecule has 110 valence electrons. The highest BCUT2D eigenvalue weighted by Crippen LogP contribution is 2.45. The van der Waals surface area contributed by atoms with Crippen molar-refractivity contribution in [3.05, 3.63) is 52.4 Å². The van der Waals surface area contributed by atoms with Crippen LogP contribution >= 0.6 is 23.1 Å². The minimum absolute atomic E-state index is 0.527. The number of hydrogen-bond acceptors (Lipinski definition) is 3. The summed E-state index contributed by atoms with van der Waals surface area (Å²) in [4.78, 5) is 0. The van der Waals surface area contributed by atoms with E-state index in [-0.39, 0.29) is 0 Å². The van der Waals surface area contributed by atoms with Gasteiger partial charge in [-0.3, -0.25) is 0 Å². The van der Waals surface area contributed by atoms with Crippen LogP contribution in [0.25, 0.3) is 0 Å². The lowest BCUT2D eigenvalue weighted by atomic mass is 9.87. The number of thioether (sulfide) groups is 1.